The smallest absolute Gasteiger partial charge is 0.169 e. The average molecular weight is 292 g/mol. The lowest BCUT2D eigenvalue weighted by Gasteiger charge is -2.19. The summed E-state index contributed by atoms with van der Waals surface area (Å²) in [5, 5.41) is 0.303. The number of aromatic nitrogens is 1. The molecule has 2 aromatic rings. The Morgan fingerprint density at radius 3 is 2.95 bits per heavy atom. The number of benzene rings is 1. The SMILES string of the molecule is NCCC1CN(c2ncc(Cl)cc2F)c2ccccc21. The number of nitrogens with zero attached hydrogens (tertiary/aromatic N) is 2. The summed E-state index contributed by atoms with van der Waals surface area (Å²) in [5.41, 5.74) is 7.88. The maximum Gasteiger partial charge on any atom is 0.169 e. The first-order valence-electron chi connectivity index (χ1n) is 6.58. The largest absolute Gasteiger partial charge is 0.330 e. The minimum atomic E-state index is -0.402. The topological polar surface area (TPSA) is 42.1 Å². The molecule has 1 aliphatic rings. The number of pyridine rings is 1. The van der Waals surface area contributed by atoms with Gasteiger partial charge in [0.1, 0.15) is 0 Å². The highest BCUT2D eigenvalue weighted by Crippen LogP contribution is 2.42. The fraction of sp³-hybridized carbons (Fsp3) is 0.267. The van der Waals surface area contributed by atoms with Crippen molar-refractivity contribution in [1.82, 2.24) is 4.98 Å². The Hall–Kier alpha value is -1.65. The van der Waals surface area contributed by atoms with E-state index in [4.69, 9.17) is 17.3 Å². The summed E-state index contributed by atoms with van der Waals surface area (Å²) in [4.78, 5) is 6.05. The molecule has 0 spiro atoms. The van der Waals surface area contributed by atoms with Gasteiger partial charge in [-0.2, -0.15) is 0 Å². The van der Waals surface area contributed by atoms with Crippen molar-refractivity contribution in [1.29, 1.82) is 0 Å². The number of hydrogen-bond donors (Lipinski definition) is 1. The van der Waals surface area contributed by atoms with Crippen LogP contribution in [0.2, 0.25) is 5.02 Å². The summed E-state index contributed by atoms with van der Waals surface area (Å²) in [7, 11) is 0. The highest BCUT2D eigenvalue weighted by Gasteiger charge is 2.30. The van der Waals surface area contributed by atoms with Gasteiger partial charge in [-0.3, -0.25) is 0 Å². The van der Waals surface area contributed by atoms with Crippen molar-refractivity contribution in [3.8, 4) is 0 Å². The Bertz CT molecular complexity index is 632. The van der Waals surface area contributed by atoms with Crippen LogP contribution in [-0.2, 0) is 0 Å². The van der Waals surface area contributed by atoms with E-state index < -0.39 is 5.82 Å². The molecule has 1 aromatic heterocycles. The van der Waals surface area contributed by atoms with E-state index in [2.05, 4.69) is 11.1 Å². The molecule has 3 nitrogen and oxygen atoms in total. The molecular formula is C15H15ClFN3. The molecule has 1 aromatic carbocycles. The number of nitrogens with two attached hydrogens (primary N) is 1. The molecule has 3 rings (SSSR count). The van der Waals surface area contributed by atoms with Crippen molar-refractivity contribution in [2.75, 3.05) is 18.0 Å². The number of fused-ring (bicyclic) bond motifs is 1. The van der Waals surface area contributed by atoms with Gasteiger partial charge in [-0.05, 0) is 30.7 Å². The van der Waals surface area contributed by atoms with Gasteiger partial charge in [-0.1, -0.05) is 29.8 Å². The third kappa shape index (κ3) is 2.25. The fourth-order valence-electron chi connectivity index (χ4n) is 2.75. The molecule has 1 unspecified atom stereocenters. The van der Waals surface area contributed by atoms with Crippen LogP contribution in [0.3, 0.4) is 0 Å². The number of hydrogen-bond acceptors (Lipinski definition) is 3. The molecule has 1 atom stereocenters. The maximum atomic E-state index is 14.1. The van der Waals surface area contributed by atoms with Crippen LogP contribution >= 0.6 is 11.6 Å². The molecular weight excluding hydrogens is 277 g/mol. The van der Waals surface area contributed by atoms with E-state index in [1.165, 1.54) is 17.8 Å². The van der Waals surface area contributed by atoms with Gasteiger partial charge in [0, 0.05) is 24.3 Å². The predicted molar refractivity (Wildman–Crippen MR) is 79.1 cm³/mol. The molecule has 0 aliphatic carbocycles. The summed E-state index contributed by atoms with van der Waals surface area (Å²) >= 11 is 5.76. The van der Waals surface area contributed by atoms with Crippen LogP contribution in [0.4, 0.5) is 15.9 Å². The Balaban J connectivity index is 2.03. The van der Waals surface area contributed by atoms with Crippen LogP contribution in [0.25, 0.3) is 0 Å². The molecule has 0 fully saturated rings. The number of para-hydroxylation sites is 1. The van der Waals surface area contributed by atoms with E-state index in [-0.39, 0.29) is 0 Å². The zero-order valence-electron chi connectivity index (χ0n) is 10.9. The summed E-state index contributed by atoms with van der Waals surface area (Å²) in [5.74, 6) is 0.232. The average Bonchev–Trinajstić information content (AvgIpc) is 2.79. The van der Waals surface area contributed by atoms with Crippen molar-refractivity contribution < 1.29 is 4.39 Å². The van der Waals surface area contributed by atoms with Gasteiger partial charge in [-0.25, -0.2) is 9.37 Å². The van der Waals surface area contributed by atoms with E-state index in [1.54, 1.807) is 0 Å². The highest BCUT2D eigenvalue weighted by atomic mass is 35.5. The predicted octanol–water partition coefficient (Wildman–Crippen LogP) is 3.46. The van der Waals surface area contributed by atoms with E-state index in [9.17, 15) is 4.39 Å². The number of halogens is 2. The summed E-state index contributed by atoms with van der Waals surface area (Å²) in [6, 6.07) is 9.30. The summed E-state index contributed by atoms with van der Waals surface area (Å²) in [6.07, 6.45) is 2.35. The van der Waals surface area contributed by atoms with Crippen LogP contribution in [0, 0.1) is 5.82 Å². The summed E-state index contributed by atoms with van der Waals surface area (Å²) in [6.45, 7) is 1.31. The second kappa shape index (κ2) is 5.38. The Labute approximate surface area is 122 Å². The minimum absolute atomic E-state index is 0.303. The minimum Gasteiger partial charge on any atom is -0.330 e. The molecule has 2 heterocycles. The van der Waals surface area contributed by atoms with E-state index in [0.29, 0.717) is 29.8 Å². The molecule has 0 saturated heterocycles. The van der Waals surface area contributed by atoms with Crippen molar-refractivity contribution >= 4 is 23.1 Å². The van der Waals surface area contributed by atoms with E-state index in [0.717, 1.165) is 12.1 Å². The quantitative estimate of drug-likeness (QED) is 0.942. The molecule has 104 valence electrons. The van der Waals surface area contributed by atoms with Crippen LogP contribution < -0.4 is 10.6 Å². The maximum absolute atomic E-state index is 14.1. The normalized spacial score (nSPS) is 17.4. The summed E-state index contributed by atoms with van der Waals surface area (Å²) < 4.78 is 14.1. The molecule has 5 heteroatoms. The second-order valence-corrected chi connectivity index (χ2v) is 5.34. The van der Waals surface area contributed by atoms with Crippen LogP contribution in [0.15, 0.2) is 36.5 Å². The Kier molecular flexibility index (Phi) is 3.59. The first-order valence-corrected chi connectivity index (χ1v) is 6.96. The first-order chi connectivity index (χ1) is 9.70. The molecule has 1 aliphatic heterocycles. The van der Waals surface area contributed by atoms with Gasteiger partial charge >= 0.3 is 0 Å². The van der Waals surface area contributed by atoms with Gasteiger partial charge in [0.2, 0.25) is 0 Å². The fourth-order valence-corrected chi connectivity index (χ4v) is 2.89. The highest BCUT2D eigenvalue weighted by molar-refractivity contribution is 6.30. The number of rotatable bonds is 3. The van der Waals surface area contributed by atoms with Crippen molar-refractivity contribution in [3.05, 3.63) is 52.9 Å². The monoisotopic (exact) mass is 291 g/mol. The molecule has 0 amide bonds. The van der Waals surface area contributed by atoms with Gasteiger partial charge in [-0.15, -0.1) is 0 Å². The molecule has 0 saturated carbocycles. The Morgan fingerprint density at radius 1 is 1.40 bits per heavy atom. The Morgan fingerprint density at radius 2 is 2.20 bits per heavy atom. The molecule has 2 N–H and O–H groups in total. The van der Waals surface area contributed by atoms with Crippen molar-refractivity contribution in [3.63, 3.8) is 0 Å². The van der Waals surface area contributed by atoms with Crippen molar-refractivity contribution in [2.24, 2.45) is 5.73 Å². The van der Waals surface area contributed by atoms with E-state index >= 15 is 0 Å². The third-order valence-electron chi connectivity index (χ3n) is 3.63. The molecule has 20 heavy (non-hydrogen) atoms. The van der Waals surface area contributed by atoms with Gasteiger partial charge < -0.3 is 10.6 Å². The molecule has 0 bridgehead atoms. The lowest BCUT2D eigenvalue weighted by molar-refractivity contribution is 0.611. The van der Waals surface area contributed by atoms with Gasteiger partial charge in [0.25, 0.3) is 0 Å². The third-order valence-corrected chi connectivity index (χ3v) is 3.84. The van der Waals surface area contributed by atoms with E-state index in [1.807, 2.05) is 23.1 Å². The first kappa shape index (κ1) is 13.3. The lowest BCUT2D eigenvalue weighted by atomic mass is 9.98. The number of anilines is 2. The van der Waals surface area contributed by atoms with Gasteiger partial charge in [0.05, 0.1) is 5.02 Å². The standard InChI is InChI=1S/C15H15ClFN3/c16-11-7-13(17)15(19-8-11)20-9-10(5-6-18)12-3-1-2-4-14(12)20/h1-4,7-8,10H,5-6,9,18H2. The van der Waals surface area contributed by atoms with Gasteiger partial charge in [0.15, 0.2) is 11.6 Å². The zero-order valence-corrected chi connectivity index (χ0v) is 11.6. The lowest BCUT2D eigenvalue weighted by Crippen LogP contribution is -2.19. The van der Waals surface area contributed by atoms with Crippen LogP contribution in [0.1, 0.15) is 17.9 Å². The van der Waals surface area contributed by atoms with Crippen LogP contribution in [-0.4, -0.2) is 18.1 Å². The van der Waals surface area contributed by atoms with Crippen molar-refractivity contribution in [2.45, 2.75) is 12.3 Å². The molecule has 0 radical (unpaired) electrons. The zero-order chi connectivity index (χ0) is 14.1. The van der Waals surface area contributed by atoms with Crippen LogP contribution in [0.5, 0.6) is 0 Å². The second-order valence-electron chi connectivity index (χ2n) is 4.90.